The van der Waals surface area contributed by atoms with E-state index in [4.69, 9.17) is 10.8 Å². The molecule has 0 atom stereocenters. The maximum atomic E-state index is 13.0. The van der Waals surface area contributed by atoms with Gasteiger partial charge in [0.05, 0.1) is 6.42 Å². The third-order valence-corrected chi connectivity index (χ3v) is 3.95. The number of halogens is 1. The van der Waals surface area contributed by atoms with Crippen molar-refractivity contribution in [3.05, 3.63) is 59.4 Å². The number of hydrogen-bond acceptors (Lipinski definition) is 3. The Kier molecular flexibility index (Phi) is 4.63. The fraction of sp³-hybridized carbons (Fsp3) is 0.133. The third kappa shape index (κ3) is 3.74. The van der Waals surface area contributed by atoms with Gasteiger partial charge in [0, 0.05) is 16.3 Å². The van der Waals surface area contributed by atoms with Crippen LogP contribution in [0, 0.1) is 5.82 Å². The molecule has 0 radical (unpaired) electrons. The lowest BCUT2D eigenvalue weighted by Crippen LogP contribution is -2.03. The first-order valence-electron chi connectivity index (χ1n) is 6.02. The minimum atomic E-state index is -0.858. The van der Waals surface area contributed by atoms with Crippen LogP contribution in [-0.4, -0.2) is 11.1 Å². The van der Waals surface area contributed by atoms with Crippen LogP contribution in [0.1, 0.15) is 11.1 Å². The zero-order valence-corrected chi connectivity index (χ0v) is 11.5. The van der Waals surface area contributed by atoms with Crippen LogP contribution in [0.5, 0.6) is 0 Å². The molecule has 0 amide bonds. The fourth-order valence-electron chi connectivity index (χ4n) is 1.84. The highest BCUT2D eigenvalue weighted by atomic mass is 32.2. The summed E-state index contributed by atoms with van der Waals surface area (Å²) in [6.45, 7) is 0. The van der Waals surface area contributed by atoms with Gasteiger partial charge in [-0.15, -0.1) is 11.8 Å². The molecular formula is C15H14FNO2S. The summed E-state index contributed by atoms with van der Waals surface area (Å²) in [7, 11) is 0. The maximum Gasteiger partial charge on any atom is 0.307 e. The van der Waals surface area contributed by atoms with E-state index < -0.39 is 5.97 Å². The summed E-state index contributed by atoms with van der Waals surface area (Å²) in [4.78, 5) is 11.6. The molecule has 2 rings (SSSR count). The van der Waals surface area contributed by atoms with Crippen LogP contribution in [-0.2, 0) is 17.0 Å². The number of nitrogen functional groups attached to an aromatic ring is 1. The van der Waals surface area contributed by atoms with E-state index in [1.54, 1.807) is 12.1 Å². The lowest BCUT2D eigenvalue weighted by Gasteiger charge is -2.09. The number of hydrogen-bond donors (Lipinski definition) is 2. The highest BCUT2D eigenvalue weighted by Crippen LogP contribution is 2.29. The molecule has 3 nitrogen and oxygen atoms in total. The van der Waals surface area contributed by atoms with E-state index in [1.165, 1.54) is 23.9 Å². The average molecular weight is 291 g/mol. The average Bonchev–Trinajstić information content (AvgIpc) is 2.39. The number of carboxylic acid groups (broad SMARTS) is 1. The Morgan fingerprint density at radius 2 is 1.90 bits per heavy atom. The number of thioether (sulfide) groups is 1. The lowest BCUT2D eigenvalue weighted by atomic mass is 10.1. The van der Waals surface area contributed by atoms with Gasteiger partial charge in [-0.05, 0) is 29.3 Å². The molecule has 0 saturated carbocycles. The summed E-state index contributed by atoms with van der Waals surface area (Å²) in [5, 5.41) is 8.88. The molecule has 0 aliphatic rings. The normalized spacial score (nSPS) is 10.4. The van der Waals surface area contributed by atoms with E-state index in [0.29, 0.717) is 11.4 Å². The molecule has 3 N–H and O–H groups in total. The van der Waals surface area contributed by atoms with Crippen LogP contribution in [0.2, 0.25) is 0 Å². The van der Waals surface area contributed by atoms with Crippen LogP contribution < -0.4 is 5.73 Å². The molecule has 2 aromatic rings. The van der Waals surface area contributed by atoms with E-state index in [9.17, 15) is 9.18 Å². The van der Waals surface area contributed by atoms with Crippen LogP contribution in [0.25, 0.3) is 0 Å². The predicted octanol–water partition coefficient (Wildman–Crippen LogP) is 3.33. The van der Waals surface area contributed by atoms with Crippen molar-refractivity contribution in [2.45, 2.75) is 17.1 Å². The van der Waals surface area contributed by atoms with E-state index in [-0.39, 0.29) is 12.2 Å². The maximum absolute atomic E-state index is 13.0. The van der Waals surface area contributed by atoms with Crippen LogP contribution in [0.15, 0.2) is 47.4 Å². The molecule has 2 aromatic carbocycles. The van der Waals surface area contributed by atoms with Crippen molar-refractivity contribution in [2.75, 3.05) is 5.73 Å². The SMILES string of the molecule is Nc1cc(F)ccc1SCc1ccccc1CC(=O)O. The van der Waals surface area contributed by atoms with Gasteiger partial charge in [0.1, 0.15) is 5.82 Å². The Morgan fingerprint density at radius 3 is 2.55 bits per heavy atom. The quantitative estimate of drug-likeness (QED) is 0.655. The molecule has 0 spiro atoms. The van der Waals surface area contributed by atoms with E-state index in [2.05, 4.69) is 0 Å². The van der Waals surface area contributed by atoms with Gasteiger partial charge in [0.2, 0.25) is 0 Å². The molecule has 0 fully saturated rings. The molecular weight excluding hydrogens is 277 g/mol. The van der Waals surface area contributed by atoms with Gasteiger partial charge in [0.15, 0.2) is 0 Å². The summed E-state index contributed by atoms with van der Waals surface area (Å²) in [5.41, 5.74) is 7.88. The Balaban J connectivity index is 2.12. The summed E-state index contributed by atoms with van der Waals surface area (Å²) >= 11 is 1.47. The number of benzene rings is 2. The number of carboxylic acids is 1. The molecule has 0 aromatic heterocycles. The molecule has 0 bridgehead atoms. The fourth-order valence-corrected chi connectivity index (χ4v) is 2.82. The van der Waals surface area contributed by atoms with Gasteiger partial charge in [-0.25, -0.2) is 4.39 Å². The zero-order chi connectivity index (χ0) is 14.5. The second kappa shape index (κ2) is 6.43. The molecule has 20 heavy (non-hydrogen) atoms. The molecule has 0 unspecified atom stereocenters. The highest BCUT2D eigenvalue weighted by Gasteiger charge is 2.08. The lowest BCUT2D eigenvalue weighted by molar-refractivity contribution is -0.136. The Labute approximate surface area is 120 Å². The Morgan fingerprint density at radius 1 is 1.20 bits per heavy atom. The predicted molar refractivity (Wildman–Crippen MR) is 78.2 cm³/mol. The second-order valence-corrected chi connectivity index (χ2v) is 5.33. The van der Waals surface area contributed by atoms with Crippen molar-refractivity contribution in [2.24, 2.45) is 0 Å². The topological polar surface area (TPSA) is 63.3 Å². The van der Waals surface area contributed by atoms with Gasteiger partial charge in [-0.1, -0.05) is 24.3 Å². The van der Waals surface area contributed by atoms with Crippen molar-refractivity contribution in [3.63, 3.8) is 0 Å². The summed E-state index contributed by atoms with van der Waals surface area (Å²) in [6, 6.07) is 11.7. The monoisotopic (exact) mass is 291 g/mol. The molecule has 0 aliphatic carbocycles. The largest absolute Gasteiger partial charge is 0.481 e. The summed E-state index contributed by atoms with van der Waals surface area (Å²) in [6.07, 6.45) is -0.00433. The van der Waals surface area contributed by atoms with E-state index in [1.807, 2.05) is 18.2 Å². The standard InChI is InChI=1S/C15H14FNO2S/c16-12-5-6-14(13(17)8-12)20-9-11-4-2-1-3-10(11)7-15(18)19/h1-6,8H,7,9,17H2,(H,18,19). The van der Waals surface area contributed by atoms with Crippen molar-refractivity contribution >= 4 is 23.4 Å². The first-order chi connectivity index (χ1) is 9.56. The number of anilines is 1. The van der Waals surface area contributed by atoms with E-state index >= 15 is 0 Å². The van der Waals surface area contributed by atoms with Gasteiger partial charge in [-0.3, -0.25) is 4.79 Å². The van der Waals surface area contributed by atoms with Gasteiger partial charge < -0.3 is 10.8 Å². The number of aliphatic carboxylic acids is 1. The molecule has 0 heterocycles. The zero-order valence-electron chi connectivity index (χ0n) is 10.7. The Hall–Kier alpha value is -2.01. The van der Waals surface area contributed by atoms with Crippen LogP contribution in [0.3, 0.4) is 0 Å². The molecule has 0 aliphatic heterocycles. The van der Waals surface area contributed by atoms with Crippen LogP contribution in [0.4, 0.5) is 10.1 Å². The van der Waals surface area contributed by atoms with Gasteiger partial charge >= 0.3 is 5.97 Å². The minimum Gasteiger partial charge on any atom is -0.481 e. The Bertz CT molecular complexity index is 631. The highest BCUT2D eigenvalue weighted by molar-refractivity contribution is 7.98. The minimum absolute atomic E-state index is 0.00433. The molecule has 0 saturated heterocycles. The van der Waals surface area contributed by atoms with Crippen molar-refractivity contribution in [1.82, 2.24) is 0 Å². The summed E-state index contributed by atoms with van der Waals surface area (Å²) < 4.78 is 13.0. The second-order valence-electron chi connectivity index (χ2n) is 4.31. The third-order valence-electron chi connectivity index (χ3n) is 2.82. The summed E-state index contributed by atoms with van der Waals surface area (Å²) in [5.74, 6) is -0.624. The number of nitrogens with two attached hydrogens (primary N) is 1. The first-order valence-corrected chi connectivity index (χ1v) is 7.01. The molecule has 5 heteroatoms. The first kappa shape index (κ1) is 14.4. The van der Waals surface area contributed by atoms with Crippen molar-refractivity contribution < 1.29 is 14.3 Å². The smallest absolute Gasteiger partial charge is 0.307 e. The van der Waals surface area contributed by atoms with Crippen molar-refractivity contribution in [3.8, 4) is 0 Å². The van der Waals surface area contributed by atoms with Gasteiger partial charge in [0.25, 0.3) is 0 Å². The van der Waals surface area contributed by atoms with Crippen molar-refractivity contribution in [1.29, 1.82) is 0 Å². The number of carbonyl (C=O) groups is 1. The molecule has 104 valence electrons. The van der Waals surface area contributed by atoms with Gasteiger partial charge in [-0.2, -0.15) is 0 Å². The van der Waals surface area contributed by atoms with E-state index in [0.717, 1.165) is 16.0 Å². The number of rotatable bonds is 5. The van der Waals surface area contributed by atoms with Crippen LogP contribution >= 0.6 is 11.8 Å².